The number of fused-ring (bicyclic) bond motifs is 2. The molecule has 0 radical (unpaired) electrons. The number of ether oxygens (including phenoxy) is 3. The summed E-state index contributed by atoms with van der Waals surface area (Å²) in [4.78, 5) is 23.9. The molecule has 0 aliphatic carbocycles. The molecule has 2 bridgehead atoms. The van der Waals surface area contributed by atoms with Crippen LogP contribution in [0.1, 0.15) is 34.1 Å². The van der Waals surface area contributed by atoms with Crippen LogP contribution in [0.25, 0.3) is 0 Å². The summed E-state index contributed by atoms with van der Waals surface area (Å²) in [7, 11) is 1.56. The van der Waals surface area contributed by atoms with E-state index in [4.69, 9.17) is 14.2 Å². The van der Waals surface area contributed by atoms with E-state index in [1.807, 2.05) is 32.9 Å². The van der Waals surface area contributed by atoms with Gasteiger partial charge in [0, 0.05) is 30.6 Å². The van der Waals surface area contributed by atoms with Crippen LogP contribution in [-0.4, -0.2) is 42.1 Å². The minimum atomic E-state index is -1.12. The van der Waals surface area contributed by atoms with Crippen molar-refractivity contribution >= 4 is 11.9 Å². The lowest BCUT2D eigenvalue weighted by molar-refractivity contribution is -0.175. The molecular formula is C21H28O6. The summed E-state index contributed by atoms with van der Waals surface area (Å²) in [5.41, 5.74) is 2.04. The molecule has 6 nitrogen and oxygen atoms in total. The van der Waals surface area contributed by atoms with Gasteiger partial charge in [-0.1, -0.05) is 25.7 Å². The van der Waals surface area contributed by atoms with Crippen LogP contribution in [0, 0.1) is 11.8 Å². The molecule has 2 rings (SSSR count). The normalized spacial score (nSPS) is 35.0. The Morgan fingerprint density at radius 3 is 2.44 bits per heavy atom. The molecule has 0 spiro atoms. The summed E-state index contributed by atoms with van der Waals surface area (Å²) in [6.07, 6.45) is 3.00. The molecule has 27 heavy (non-hydrogen) atoms. The van der Waals surface area contributed by atoms with Crippen molar-refractivity contribution in [1.29, 1.82) is 0 Å². The zero-order valence-corrected chi connectivity index (χ0v) is 16.6. The summed E-state index contributed by atoms with van der Waals surface area (Å²) in [5.74, 6) is -3.61. The Balaban J connectivity index is 2.55. The highest BCUT2D eigenvalue weighted by molar-refractivity contribution is 5.88. The van der Waals surface area contributed by atoms with Crippen molar-refractivity contribution in [3.05, 3.63) is 47.6 Å². The molecule has 2 heterocycles. The summed E-state index contributed by atoms with van der Waals surface area (Å²) >= 11 is 0. The fourth-order valence-corrected chi connectivity index (χ4v) is 3.90. The van der Waals surface area contributed by atoms with E-state index in [9.17, 15) is 14.7 Å². The predicted molar refractivity (Wildman–Crippen MR) is 101 cm³/mol. The van der Waals surface area contributed by atoms with Gasteiger partial charge in [0.15, 0.2) is 0 Å². The SMILES string of the molecule is C=C(C)C(=O)O[C@H]1C/C(C)=C/[C@]2(OC)C=C(C)[C@H](O2)[C@@H](C)C1C(=C)C(=O)O. The van der Waals surface area contributed by atoms with Crippen LogP contribution in [-0.2, 0) is 23.8 Å². The van der Waals surface area contributed by atoms with Gasteiger partial charge >= 0.3 is 11.9 Å². The first-order valence-corrected chi connectivity index (χ1v) is 8.90. The third-order valence-corrected chi connectivity index (χ3v) is 5.21. The molecule has 0 aromatic rings. The third-order valence-electron chi connectivity index (χ3n) is 5.21. The molecule has 0 aromatic heterocycles. The first kappa shape index (κ1) is 21.1. The average molecular weight is 376 g/mol. The third kappa shape index (κ3) is 4.22. The van der Waals surface area contributed by atoms with Crippen molar-refractivity contribution < 1.29 is 28.9 Å². The van der Waals surface area contributed by atoms with E-state index in [1.165, 1.54) is 0 Å². The molecule has 0 fully saturated rings. The molecule has 5 atom stereocenters. The van der Waals surface area contributed by atoms with Gasteiger partial charge in [0.25, 0.3) is 0 Å². The molecular weight excluding hydrogens is 348 g/mol. The van der Waals surface area contributed by atoms with Crippen LogP contribution in [0.4, 0.5) is 0 Å². The zero-order chi connectivity index (χ0) is 20.5. The Hall–Kier alpha value is -2.18. The van der Waals surface area contributed by atoms with Gasteiger partial charge in [-0.15, -0.1) is 0 Å². The predicted octanol–water partition coefficient (Wildman–Crippen LogP) is 3.41. The number of aliphatic carboxylic acids is 1. The Bertz CT molecular complexity index is 731. The lowest BCUT2D eigenvalue weighted by Gasteiger charge is -2.35. The molecule has 148 valence electrons. The minimum absolute atomic E-state index is 0.0111. The molecule has 0 amide bonds. The van der Waals surface area contributed by atoms with Gasteiger partial charge in [0.05, 0.1) is 6.10 Å². The van der Waals surface area contributed by atoms with E-state index in [2.05, 4.69) is 13.2 Å². The van der Waals surface area contributed by atoms with Crippen molar-refractivity contribution in [3.63, 3.8) is 0 Å². The summed E-state index contributed by atoms with van der Waals surface area (Å²) in [6.45, 7) is 14.6. The molecule has 6 heteroatoms. The maximum Gasteiger partial charge on any atom is 0.333 e. The van der Waals surface area contributed by atoms with Gasteiger partial charge in [-0.3, -0.25) is 0 Å². The number of carboxylic acid groups (broad SMARTS) is 1. The van der Waals surface area contributed by atoms with Crippen molar-refractivity contribution in [2.24, 2.45) is 11.8 Å². The highest BCUT2D eigenvalue weighted by atomic mass is 16.7. The van der Waals surface area contributed by atoms with Crippen LogP contribution in [0.5, 0.6) is 0 Å². The van der Waals surface area contributed by atoms with Gasteiger partial charge in [0.1, 0.15) is 6.10 Å². The minimum Gasteiger partial charge on any atom is -0.478 e. The fourth-order valence-electron chi connectivity index (χ4n) is 3.90. The van der Waals surface area contributed by atoms with Crippen molar-refractivity contribution in [2.75, 3.05) is 7.11 Å². The van der Waals surface area contributed by atoms with Crippen molar-refractivity contribution in [1.82, 2.24) is 0 Å². The topological polar surface area (TPSA) is 82.1 Å². The number of esters is 1. The zero-order valence-electron chi connectivity index (χ0n) is 16.6. The van der Waals surface area contributed by atoms with E-state index in [0.717, 1.165) is 11.1 Å². The molecule has 1 N–H and O–H groups in total. The van der Waals surface area contributed by atoms with Crippen molar-refractivity contribution in [3.8, 4) is 0 Å². The first-order valence-electron chi connectivity index (χ1n) is 8.90. The van der Waals surface area contributed by atoms with Gasteiger partial charge in [-0.05, 0) is 44.4 Å². The summed E-state index contributed by atoms with van der Waals surface area (Å²) in [5, 5.41) is 9.59. The van der Waals surface area contributed by atoms with Gasteiger partial charge in [-0.2, -0.15) is 0 Å². The van der Waals surface area contributed by atoms with E-state index >= 15 is 0 Å². The van der Waals surface area contributed by atoms with Gasteiger partial charge in [-0.25, -0.2) is 9.59 Å². The number of hydrogen-bond donors (Lipinski definition) is 1. The number of carboxylic acids is 1. The van der Waals surface area contributed by atoms with Crippen LogP contribution in [0.2, 0.25) is 0 Å². The van der Waals surface area contributed by atoms with E-state index in [1.54, 1.807) is 14.0 Å². The molecule has 2 aliphatic heterocycles. The number of rotatable bonds is 5. The summed E-state index contributed by atoms with van der Waals surface area (Å²) < 4.78 is 17.5. The molecule has 0 saturated heterocycles. The Labute approximate surface area is 160 Å². The van der Waals surface area contributed by atoms with Crippen LogP contribution in [0.15, 0.2) is 47.6 Å². The smallest absolute Gasteiger partial charge is 0.333 e. The van der Waals surface area contributed by atoms with Gasteiger partial charge < -0.3 is 19.3 Å². The van der Waals surface area contributed by atoms with E-state index in [0.29, 0.717) is 6.42 Å². The van der Waals surface area contributed by atoms with Crippen LogP contribution >= 0.6 is 0 Å². The average Bonchev–Trinajstić information content (AvgIpc) is 2.91. The molecule has 2 aliphatic rings. The second-order valence-electron chi connectivity index (χ2n) is 7.49. The maximum atomic E-state index is 12.2. The van der Waals surface area contributed by atoms with E-state index in [-0.39, 0.29) is 23.2 Å². The number of carbonyl (C=O) groups is 2. The molecule has 0 aromatic carbocycles. The molecule has 1 unspecified atom stereocenters. The molecule has 0 saturated carbocycles. The lowest BCUT2D eigenvalue weighted by Crippen LogP contribution is -2.40. The van der Waals surface area contributed by atoms with Gasteiger partial charge in [0.2, 0.25) is 5.79 Å². The Morgan fingerprint density at radius 1 is 1.30 bits per heavy atom. The largest absolute Gasteiger partial charge is 0.478 e. The Kier molecular flexibility index (Phi) is 6.12. The van der Waals surface area contributed by atoms with Crippen molar-refractivity contribution in [2.45, 2.75) is 52.1 Å². The van der Waals surface area contributed by atoms with Crippen LogP contribution in [0.3, 0.4) is 0 Å². The van der Waals surface area contributed by atoms with E-state index < -0.39 is 29.7 Å². The number of hydrogen-bond acceptors (Lipinski definition) is 5. The first-order chi connectivity index (χ1) is 12.5. The fraction of sp³-hybridized carbons (Fsp3) is 0.524. The maximum absolute atomic E-state index is 12.2. The second kappa shape index (κ2) is 7.82. The monoisotopic (exact) mass is 376 g/mol. The number of methoxy groups -OCH3 is 1. The number of carbonyl (C=O) groups excluding carboxylic acids is 1. The highest BCUT2D eigenvalue weighted by Crippen LogP contribution is 2.43. The summed E-state index contributed by atoms with van der Waals surface area (Å²) in [6, 6.07) is 0. The van der Waals surface area contributed by atoms with Crippen LogP contribution < -0.4 is 0 Å². The lowest BCUT2D eigenvalue weighted by atomic mass is 9.76. The quantitative estimate of drug-likeness (QED) is 0.450. The highest BCUT2D eigenvalue weighted by Gasteiger charge is 2.47. The second-order valence-corrected chi connectivity index (χ2v) is 7.49. The standard InChI is InChI=1S/C21H28O6/c1-11(2)20(24)26-16-8-12(3)9-21(25-7)10-13(4)18(27-21)14(5)17(16)15(6)19(22)23/h9-10,14,16-18H,1,6,8H2,2-5,7H3,(H,22,23)/b12-9+/t14-,16-,17?,18-,21+/m0/s1. The Morgan fingerprint density at radius 2 is 1.93 bits per heavy atom.